The van der Waals surface area contributed by atoms with Gasteiger partial charge in [-0.15, -0.1) is 0 Å². The smallest absolute Gasteiger partial charge is 0.410 e. The van der Waals surface area contributed by atoms with Crippen molar-refractivity contribution in [3.05, 3.63) is 12.2 Å². The van der Waals surface area contributed by atoms with Crippen LogP contribution in [0.4, 0.5) is 4.79 Å². The molecular formula is C15H23NO4. The summed E-state index contributed by atoms with van der Waals surface area (Å²) >= 11 is 0. The van der Waals surface area contributed by atoms with Crippen LogP contribution in [0, 0.1) is 11.3 Å². The van der Waals surface area contributed by atoms with Crippen molar-refractivity contribution >= 4 is 12.1 Å². The predicted octanol–water partition coefficient (Wildman–Crippen LogP) is 2.36. The molecule has 0 radical (unpaired) electrons. The molecule has 112 valence electrons. The van der Waals surface area contributed by atoms with E-state index in [1.165, 1.54) is 7.11 Å². The second-order valence-corrected chi connectivity index (χ2v) is 6.22. The Balaban J connectivity index is 2.07. The van der Waals surface area contributed by atoms with Crippen molar-refractivity contribution in [3.63, 3.8) is 0 Å². The summed E-state index contributed by atoms with van der Waals surface area (Å²) in [7, 11) is 1.36. The Hall–Kier alpha value is -1.52. The summed E-state index contributed by atoms with van der Waals surface area (Å²) < 4.78 is 10.1. The van der Waals surface area contributed by atoms with Gasteiger partial charge in [-0.05, 0) is 30.6 Å². The van der Waals surface area contributed by atoms with Crippen LogP contribution in [-0.2, 0) is 14.3 Å². The molecule has 1 atom stereocenters. The maximum Gasteiger partial charge on any atom is 0.410 e. The van der Waals surface area contributed by atoms with E-state index in [1.54, 1.807) is 4.90 Å². The Kier molecular flexibility index (Phi) is 4.35. The molecule has 20 heavy (non-hydrogen) atoms. The summed E-state index contributed by atoms with van der Waals surface area (Å²) in [4.78, 5) is 25.7. The topological polar surface area (TPSA) is 55.8 Å². The number of amides is 1. The second-order valence-electron chi connectivity index (χ2n) is 6.22. The second kappa shape index (κ2) is 5.85. The zero-order chi connectivity index (χ0) is 14.8. The quantitative estimate of drug-likeness (QED) is 0.588. The SMILES string of the molecule is COC(=O)C1CC2(CC=CC2)CN1C(=O)OCC(C)C. The number of nitrogens with zero attached hydrogens (tertiary/aromatic N) is 1. The monoisotopic (exact) mass is 281 g/mol. The first-order chi connectivity index (χ1) is 9.47. The largest absolute Gasteiger partial charge is 0.467 e. The summed E-state index contributed by atoms with van der Waals surface area (Å²) in [5.74, 6) is -0.0736. The fourth-order valence-electron chi connectivity index (χ4n) is 2.96. The van der Waals surface area contributed by atoms with Crippen LogP contribution in [-0.4, -0.2) is 43.3 Å². The van der Waals surface area contributed by atoms with Gasteiger partial charge in [0.15, 0.2) is 0 Å². The zero-order valence-corrected chi connectivity index (χ0v) is 12.4. The van der Waals surface area contributed by atoms with E-state index < -0.39 is 12.1 Å². The molecule has 1 unspecified atom stereocenters. The van der Waals surface area contributed by atoms with Crippen LogP contribution in [0.25, 0.3) is 0 Å². The highest BCUT2D eigenvalue weighted by molar-refractivity contribution is 5.82. The summed E-state index contributed by atoms with van der Waals surface area (Å²) in [6, 6.07) is -0.514. The first-order valence-corrected chi connectivity index (χ1v) is 7.14. The van der Waals surface area contributed by atoms with Gasteiger partial charge in [0.1, 0.15) is 6.04 Å². The molecule has 1 aliphatic carbocycles. The van der Waals surface area contributed by atoms with E-state index in [9.17, 15) is 9.59 Å². The molecule has 0 aromatic carbocycles. The number of ether oxygens (including phenoxy) is 2. The van der Waals surface area contributed by atoms with E-state index in [2.05, 4.69) is 12.2 Å². The van der Waals surface area contributed by atoms with E-state index in [4.69, 9.17) is 9.47 Å². The third-order valence-corrected chi connectivity index (χ3v) is 4.02. The van der Waals surface area contributed by atoms with Gasteiger partial charge >= 0.3 is 12.1 Å². The Morgan fingerprint density at radius 1 is 1.35 bits per heavy atom. The summed E-state index contributed by atoms with van der Waals surface area (Å²) in [6.45, 7) is 4.90. The number of rotatable bonds is 3. The number of hydrogen-bond donors (Lipinski definition) is 0. The van der Waals surface area contributed by atoms with Gasteiger partial charge in [-0.25, -0.2) is 9.59 Å². The first-order valence-electron chi connectivity index (χ1n) is 7.14. The van der Waals surface area contributed by atoms with Crippen LogP contribution in [0.5, 0.6) is 0 Å². The first kappa shape index (κ1) is 14.9. The lowest BCUT2D eigenvalue weighted by Crippen LogP contribution is -2.42. The molecule has 1 saturated heterocycles. The molecule has 0 aromatic heterocycles. The lowest BCUT2D eigenvalue weighted by atomic mass is 9.83. The Labute approximate surface area is 119 Å². The van der Waals surface area contributed by atoms with E-state index >= 15 is 0 Å². The number of carbonyl (C=O) groups excluding carboxylic acids is 2. The molecule has 0 saturated carbocycles. The molecule has 1 aliphatic heterocycles. The van der Waals surface area contributed by atoms with Gasteiger partial charge in [0.2, 0.25) is 0 Å². The Morgan fingerprint density at radius 2 is 2.00 bits per heavy atom. The summed E-state index contributed by atoms with van der Waals surface area (Å²) in [5, 5.41) is 0. The molecular weight excluding hydrogens is 258 g/mol. The summed E-state index contributed by atoms with van der Waals surface area (Å²) in [6.07, 6.45) is 6.32. The third-order valence-electron chi connectivity index (χ3n) is 4.02. The molecule has 2 aliphatic rings. The standard InChI is InChI=1S/C15H23NO4/c1-11(2)9-20-14(18)16-10-15(6-4-5-7-15)8-12(16)13(17)19-3/h4-5,11-12H,6-10H2,1-3H3. The van der Waals surface area contributed by atoms with Crippen LogP contribution in [0.15, 0.2) is 12.2 Å². The zero-order valence-electron chi connectivity index (χ0n) is 12.4. The van der Waals surface area contributed by atoms with Gasteiger partial charge < -0.3 is 9.47 Å². The van der Waals surface area contributed by atoms with Crippen molar-refractivity contribution in [2.24, 2.45) is 11.3 Å². The number of hydrogen-bond acceptors (Lipinski definition) is 4. The van der Waals surface area contributed by atoms with Crippen molar-refractivity contribution < 1.29 is 19.1 Å². The fraction of sp³-hybridized carbons (Fsp3) is 0.733. The third kappa shape index (κ3) is 2.97. The van der Waals surface area contributed by atoms with Crippen molar-refractivity contribution in [1.29, 1.82) is 0 Å². The van der Waals surface area contributed by atoms with Crippen molar-refractivity contribution in [3.8, 4) is 0 Å². The highest BCUT2D eigenvalue weighted by Gasteiger charge is 2.49. The minimum atomic E-state index is -0.514. The number of allylic oxidation sites excluding steroid dienone is 2. The molecule has 1 spiro atoms. The van der Waals surface area contributed by atoms with E-state index in [0.29, 0.717) is 19.6 Å². The number of esters is 1. The summed E-state index contributed by atoms with van der Waals surface area (Å²) in [5.41, 5.74) is -0.00426. The van der Waals surface area contributed by atoms with Crippen LogP contribution in [0.2, 0.25) is 0 Å². The highest BCUT2D eigenvalue weighted by atomic mass is 16.6. The molecule has 5 heteroatoms. The van der Waals surface area contributed by atoms with Crippen LogP contribution in [0.3, 0.4) is 0 Å². The van der Waals surface area contributed by atoms with Crippen LogP contribution in [0.1, 0.15) is 33.1 Å². The minimum Gasteiger partial charge on any atom is -0.467 e. The van der Waals surface area contributed by atoms with Gasteiger partial charge in [-0.3, -0.25) is 4.90 Å². The molecule has 2 rings (SSSR count). The lowest BCUT2D eigenvalue weighted by molar-refractivity contribution is -0.145. The van der Waals surface area contributed by atoms with E-state index in [0.717, 1.165) is 12.8 Å². The lowest BCUT2D eigenvalue weighted by Gasteiger charge is -2.24. The Morgan fingerprint density at radius 3 is 2.55 bits per heavy atom. The number of likely N-dealkylation sites (tertiary alicyclic amines) is 1. The molecule has 1 heterocycles. The van der Waals surface area contributed by atoms with Gasteiger partial charge in [0.25, 0.3) is 0 Å². The fourth-order valence-corrected chi connectivity index (χ4v) is 2.96. The maximum atomic E-state index is 12.2. The predicted molar refractivity (Wildman–Crippen MR) is 74.1 cm³/mol. The molecule has 0 bridgehead atoms. The van der Waals surface area contributed by atoms with E-state index in [-0.39, 0.29) is 17.3 Å². The molecule has 5 nitrogen and oxygen atoms in total. The normalized spacial score (nSPS) is 23.6. The average molecular weight is 281 g/mol. The van der Waals surface area contributed by atoms with Crippen molar-refractivity contribution in [2.45, 2.75) is 39.2 Å². The van der Waals surface area contributed by atoms with Crippen molar-refractivity contribution in [1.82, 2.24) is 4.90 Å². The van der Waals surface area contributed by atoms with Crippen molar-refractivity contribution in [2.75, 3.05) is 20.3 Å². The maximum absolute atomic E-state index is 12.2. The molecule has 0 aromatic rings. The van der Waals surface area contributed by atoms with Gasteiger partial charge in [-0.1, -0.05) is 26.0 Å². The number of carbonyl (C=O) groups is 2. The molecule has 1 fully saturated rings. The average Bonchev–Trinajstić information content (AvgIpc) is 3.03. The van der Waals surface area contributed by atoms with Gasteiger partial charge in [0.05, 0.1) is 13.7 Å². The Bertz CT molecular complexity index is 408. The van der Waals surface area contributed by atoms with Crippen LogP contribution < -0.4 is 0 Å². The van der Waals surface area contributed by atoms with Gasteiger partial charge in [-0.2, -0.15) is 0 Å². The van der Waals surface area contributed by atoms with E-state index in [1.807, 2.05) is 13.8 Å². The molecule has 1 amide bonds. The highest BCUT2D eigenvalue weighted by Crippen LogP contribution is 2.45. The minimum absolute atomic E-state index is 0.00426. The number of methoxy groups -OCH3 is 1. The van der Waals surface area contributed by atoms with Crippen LogP contribution >= 0.6 is 0 Å². The van der Waals surface area contributed by atoms with Gasteiger partial charge in [0, 0.05) is 6.54 Å². The molecule has 0 N–H and O–H groups in total.